The summed E-state index contributed by atoms with van der Waals surface area (Å²) in [5, 5.41) is 0. The van der Waals surface area contributed by atoms with Gasteiger partial charge in [0, 0.05) is 6.07 Å². The first-order chi connectivity index (χ1) is 4.83. The van der Waals surface area contributed by atoms with Crippen LogP contribution in [-0.4, -0.2) is 0 Å². The van der Waals surface area contributed by atoms with Crippen molar-refractivity contribution in [1.29, 1.82) is 0 Å². The predicted octanol–water partition coefficient (Wildman–Crippen LogP) is 1.04. The van der Waals surface area contributed by atoms with Crippen LogP contribution in [0.25, 0.3) is 0 Å². The second-order valence-corrected chi connectivity index (χ2v) is 2.40. The van der Waals surface area contributed by atoms with Crippen molar-refractivity contribution in [2.24, 2.45) is 0 Å². The van der Waals surface area contributed by atoms with Crippen LogP contribution in [0.3, 0.4) is 0 Å². The van der Waals surface area contributed by atoms with Gasteiger partial charge in [-0.2, -0.15) is 0 Å². The molecule has 2 nitrogen and oxygen atoms in total. The number of rotatable bonds is 2. The van der Waals surface area contributed by atoms with Gasteiger partial charge < -0.3 is 0 Å². The van der Waals surface area contributed by atoms with Crippen LogP contribution >= 0.6 is 0 Å². The molecule has 54 valence electrons. The summed E-state index contributed by atoms with van der Waals surface area (Å²) in [6.07, 6.45) is 4.16. The van der Waals surface area contributed by atoms with Gasteiger partial charge in [-0.15, -0.1) is 0 Å². The van der Waals surface area contributed by atoms with Crippen molar-refractivity contribution < 1.29 is 4.98 Å². The minimum atomic E-state index is 0.742. The zero-order valence-corrected chi connectivity index (χ0v) is 6.22. The molecule has 0 radical (unpaired) electrons. The normalized spacial score (nSPS) is 9.70. The SMILES string of the molecule is CCCc1cc[nH+]c(N)c1. The lowest BCUT2D eigenvalue weighted by Crippen LogP contribution is -2.09. The van der Waals surface area contributed by atoms with Gasteiger partial charge in [-0.1, -0.05) is 13.3 Å². The van der Waals surface area contributed by atoms with E-state index in [1.807, 2.05) is 12.3 Å². The lowest BCUT2D eigenvalue weighted by atomic mass is 10.1. The van der Waals surface area contributed by atoms with Gasteiger partial charge >= 0.3 is 0 Å². The minimum absolute atomic E-state index is 0.742. The smallest absolute Gasteiger partial charge is 0.270 e. The average Bonchev–Trinajstić information content (AvgIpc) is 1.88. The first kappa shape index (κ1) is 7.06. The highest BCUT2D eigenvalue weighted by atomic mass is 14.8. The van der Waals surface area contributed by atoms with Crippen molar-refractivity contribution in [3.05, 3.63) is 23.9 Å². The third-order valence-corrected chi connectivity index (χ3v) is 1.43. The summed E-state index contributed by atoms with van der Waals surface area (Å²) < 4.78 is 0. The van der Waals surface area contributed by atoms with E-state index in [0.29, 0.717) is 0 Å². The largest absolute Gasteiger partial charge is 0.287 e. The third kappa shape index (κ3) is 1.72. The number of nitrogen functional groups attached to an aromatic ring is 1. The van der Waals surface area contributed by atoms with E-state index in [2.05, 4.69) is 18.0 Å². The van der Waals surface area contributed by atoms with Gasteiger partial charge in [0.25, 0.3) is 5.82 Å². The van der Waals surface area contributed by atoms with Crippen molar-refractivity contribution in [3.8, 4) is 0 Å². The van der Waals surface area contributed by atoms with Crippen LogP contribution in [-0.2, 0) is 6.42 Å². The summed E-state index contributed by atoms with van der Waals surface area (Å²) in [5.41, 5.74) is 6.84. The van der Waals surface area contributed by atoms with Crippen LogP contribution in [0.15, 0.2) is 18.3 Å². The van der Waals surface area contributed by atoms with Crippen LogP contribution in [0.4, 0.5) is 5.82 Å². The van der Waals surface area contributed by atoms with Gasteiger partial charge in [-0.3, -0.25) is 5.73 Å². The van der Waals surface area contributed by atoms with E-state index in [1.54, 1.807) is 0 Å². The Morgan fingerprint density at radius 2 is 2.40 bits per heavy atom. The minimum Gasteiger partial charge on any atom is -0.287 e. The molecule has 1 aromatic heterocycles. The Labute approximate surface area is 61.1 Å². The lowest BCUT2D eigenvalue weighted by molar-refractivity contribution is -0.360. The molecule has 3 N–H and O–H groups in total. The molecule has 0 atom stereocenters. The van der Waals surface area contributed by atoms with Gasteiger partial charge in [0.1, 0.15) is 0 Å². The number of hydrogen-bond donors (Lipinski definition) is 1. The highest BCUT2D eigenvalue weighted by Gasteiger charge is 1.94. The maximum absolute atomic E-state index is 5.53. The molecule has 0 saturated carbocycles. The highest BCUT2D eigenvalue weighted by Crippen LogP contribution is 2.02. The Morgan fingerprint density at radius 1 is 1.60 bits per heavy atom. The second-order valence-electron chi connectivity index (χ2n) is 2.40. The first-order valence-electron chi connectivity index (χ1n) is 3.59. The number of H-pyrrole nitrogens is 1. The molecule has 0 bridgehead atoms. The summed E-state index contributed by atoms with van der Waals surface area (Å²) in [5.74, 6) is 0.742. The monoisotopic (exact) mass is 137 g/mol. The number of nitrogens with one attached hydrogen (secondary N) is 1. The van der Waals surface area contributed by atoms with E-state index < -0.39 is 0 Å². The molecule has 0 amide bonds. The number of pyridine rings is 1. The number of aromatic amines is 1. The number of aromatic nitrogens is 1. The summed E-state index contributed by atoms with van der Waals surface area (Å²) in [7, 11) is 0. The number of nitrogens with two attached hydrogens (primary N) is 1. The van der Waals surface area contributed by atoms with E-state index in [4.69, 9.17) is 5.73 Å². The fraction of sp³-hybridized carbons (Fsp3) is 0.375. The van der Waals surface area contributed by atoms with Crippen molar-refractivity contribution >= 4 is 5.82 Å². The molecule has 0 spiro atoms. The van der Waals surface area contributed by atoms with Crippen molar-refractivity contribution in [3.63, 3.8) is 0 Å². The summed E-state index contributed by atoms with van der Waals surface area (Å²) in [6, 6.07) is 4.03. The number of anilines is 1. The van der Waals surface area contributed by atoms with Crippen molar-refractivity contribution in [1.82, 2.24) is 0 Å². The van der Waals surface area contributed by atoms with E-state index in [1.165, 1.54) is 12.0 Å². The number of hydrogen-bond acceptors (Lipinski definition) is 1. The number of aryl methyl sites for hydroxylation is 1. The van der Waals surface area contributed by atoms with Crippen LogP contribution in [0.1, 0.15) is 18.9 Å². The molecule has 0 unspecified atom stereocenters. The molecule has 1 rings (SSSR count). The molecule has 0 saturated heterocycles. The fourth-order valence-electron chi connectivity index (χ4n) is 0.979. The van der Waals surface area contributed by atoms with Gasteiger partial charge in [0.05, 0.1) is 6.20 Å². The fourth-order valence-corrected chi connectivity index (χ4v) is 0.979. The molecular weight excluding hydrogens is 124 g/mol. The predicted molar refractivity (Wildman–Crippen MR) is 41.4 cm³/mol. The standard InChI is InChI=1S/C8H12N2/c1-2-3-7-4-5-10-8(9)6-7/h4-6H,2-3H2,1H3,(H2,9,10)/p+1. The van der Waals surface area contributed by atoms with Gasteiger partial charge in [0.2, 0.25) is 0 Å². The van der Waals surface area contributed by atoms with Crippen LogP contribution in [0.5, 0.6) is 0 Å². The van der Waals surface area contributed by atoms with E-state index in [0.717, 1.165) is 12.2 Å². The molecule has 0 aliphatic heterocycles. The molecule has 0 aliphatic carbocycles. The Kier molecular flexibility index (Phi) is 2.26. The van der Waals surface area contributed by atoms with E-state index in [-0.39, 0.29) is 0 Å². The van der Waals surface area contributed by atoms with Crippen LogP contribution < -0.4 is 10.7 Å². The van der Waals surface area contributed by atoms with Crippen LogP contribution in [0, 0.1) is 0 Å². The Bertz CT molecular complexity index is 208. The molecular formula is C8H13N2+. The first-order valence-corrected chi connectivity index (χ1v) is 3.59. The van der Waals surface area contributed by atoms with E-state index >= 15 is 0 Å². The molecule has 1 aromatic rings. The zero-order valence-electron chi connectivity index (χ0n) is 6.22. The summed E-state index contributed by atoms with van der Waals surface area (Å²) in [4.78, 5) is 2.91. The van der Waals surface area contributed by atoms with Crippen molar-refractivity contribution in [2.75, 3.05) is 5.73 Å². The topological polar surface area (TPSA) is 40.2 Å². The van der Waals surface area contributed by atoms with E-state index in [9.17, 15) is 0 Å². The molecule has 2 heteroatoms. The Hall–Kier alpha value is -1.05. The summed E-state index contributed by atoms with van der Waals surface area (Å²) in [6.45, 7) is 2.16. The lowest BCUT2D eigenvalue weighted by Gasteiger charge is -1.94. The van der Waals surface area contributed by atoms with Gasteiger partial charge in [0.15, 0.2) is 0 Å². The third-order valence-electron chi connectivity index (χ3n) is 1.43. The molecule has 0 fully saturated rings. The molecule has 0 aromatic carbocycles. The Balaban J connectivity index is 2.75. The zero-order chi connectivity index (χ0) is 7.40. The summed E-state index contributed by atoms with van der Waals surface area (Å²) >= 11 is 0. The Morgan fingerprint density at radius 3 is 3.00 bits per heavy atom. The maximum Gasteiger partial charge on any atom is 0.270 e. The molecule has 1 heterocycles. The van der Waals surface area contributed by atoms with Gasteiger partial charge in [-0.05, 0) is 18.1 Å². The molecule has 10 heavy (non-hydrogen) atoms. The second kappa shape index (κ2) is 3.20. The van der Waals surface area contributed by atoms with Gasteiger partial charge in [-0.25, -0.2) is 4.98 Å². The quantitative estimate of drug-likeness (QED) is 0.650. The van der Waals surface area contributed by atoms with Crippen molar-refractivity contribution in [2.45, 2.75) is 19.8 Å². The highest BCUT2D eigenvalue weighted by molar-refractivity contribution is 5.25. The van der Waals surface area contributed by atoms with Crippen LogP contribution in [0.2, 0.25) is 0 Å². The molecule has 0 aliphatic rings. The average molecular weight is 137 g/mol. The maximum atomic E-state index is 5.53.